The Balaban J connectivity index is 1.45. The molecule has 0 unspecified atom stereocenters. The third kappa shape index (κ3) is 4.67. The maximum Gasteiger partial charge on any atom is 0.339 e. The van der Waals surface area contributed by atoms with E-state index in [9.17, 15) is 14.4 Å². The van der Waals surface area contributed by atoms with E-state index in [1.807, 2.05) is 18.2 Å². The minimum absolute atomic E-state index is 0.0191. The lowest BCUT2D eigenvalue weighted by Gasteiger charge is -2.15. The zero-order valence-electron chi connectivity index (χ0n) is 19.0. The third-order valence-electron chi connectivity index (χ3n) is 5.80. The fourth-order valence-corrected chi connectivity index (χ4v) is 4.91. The standard InChI is InChI=1S/C25H23N3O6S/c1-32-24(31)16-8-2-4-10-18(16)26-20(29)14-35-25-27-21-17-9-3-5-11-19(17)34-22(21)23(30)28(25)13-15-7-6-12-33-15/h2-5,8-11,15H,6-7,12-14H2,1H3,(H,26,29)/t15-/m0/s1. The lowest BCUT2D eigenvalue weighted by Crippen LogP contribution is -2.29. The van der Waals surface area contributed by atoms with Gasteiger partial charge < -0.3 is 19.2 Å². The Morgan fingerprint density at radius 3 is 2.80 bits per heavy atom. The van der Waals surface area contributed by atoms with Gasteiger partial charge in [-0.25, -0.2) is 9.78 Å². The van der Waals surface area contributed by atoms with Crippen LogP contribution in [0.25, 0.3) is 22.1 Å². The van der Waals surface area contributed by atoms with Gasteiger partial charge in [-0.3, -0.25) is 14.2 Å². The summed E-state index contributed by atoms with van der Waals surface area (Å²) in [4.78, 5) is 42.9. The topological polar surface area (TPSA) is 113 Å². The van der Waals surface area contributed by atoms with E-state index in [-0.39, 0.29) is 34.5 Å². The Kier molecular flexibility index (Phi) is 6.56. The van der Waals surface area contributed by atoms with Crippen LogP contribution in [0.4, 0.5) is 5.69 Å². The summed E-state index contributed by atoms with van der Waals surface area (Å²) in [6.07, 6.45) is 1.68. The summed E-state index contributed by atoms with van der Waals surface area (Å²) in [6, 6.07) is 13.9. The van der Waals surface area contributed by atoms with E-state index in [4.69, 9.17) is 18.9 Å². The largest absolute Gasteiger partial charge is 0.465 e. The summed E-state index contributed by atoms with van der Waals surface area (Å²) >= 11 is 1.15. The van der Waals surface area contributed by atoms with Gasteiger partial charge in [-0.2, -0.15) is 0 Å². The molecule has 1 amide bonds. The van der Waals surface area contributed by atoms with Crippen molar-refractivity contribution in [1.29, 1.82) is 0 Å². The van der Waals surface area contributed by atoms with Crippen LogP contribution in [0, 0.1) is 0 Å². The number of aromatic nitrogens is 2. The number of ether oxygens (including phenoxy) is 2. The summed E-state index contributed by atoms with van der Waals surface area (Å²) < 4.78 is 17.9. The first-order chi connectivity index (χ1) is 17.0. The monoisotopic (exact) mass is 493 g/mol. The highest BCUT2D eigenvalue weighted by Crippen LogP contribution is 2.28. The molecule has 180 valence electrons. The van der Waals surface area contributed by atoms with Crippen molar-refractivity contribution in [1.82, 2.24) is 9.55 Å². The Hall–Kier alpha value is -3.63. The first-order valence-corrected chi connectivity index (χ1v) is 12.2. The number of para-hydroxylation sites is 2. The zero-order chi connectivity index (χ0) is 24.4. The van der Waals surface area contributed by atoms with Gasteiger partial charge in [0.25, 0.3) is 5.56 Å². The van der Waals surface area contributed by atoms with Gasteiger partial charge in [-0.15, -0.1) is 0 Å². The number of fused-ring (bicyclic) bond motifs is 3. The average Bonchev–Trinajstić information content (AvgIpc) is 3.52. The normalized spacial score (nSPS) is 15.5. The number of rotatable bonds is 7. The van der Waals surface area contributed by atoms with Crippen molar-refractivity contribution in [2.24, 2.45) is 0 Å². The van der Waals surface area contributed by atoms with Gasteiger partial charge in [0.2, 0.25) is 11.5 Å². The Labute approximate surface area is 204 Å². The van der Waals surface area contributed by atoms with Crippen LogP contribution < -0.4 is 10.9 Å². The molecule has 2 aromatic carbocycles. The lowest BCUT2D eigenvalue weighted by atomic mass is 10.2. The number of furan rings is 1. The molecular weight excluding hydrogens is 470 g/mol. The highest BCUT2D eigenvalue weighted by molar-refractivity contribution is 7.99. The van der Waals surface area contributed by atoms with Crippen molar-refractivity contribution in [2.45, 2.75) is 30.6 Å². The van der Waals surface area contributed by atoms with Crippen molar-refractivity contribution in [2.75, 3.05) is 24.8 Å². The van der Waals surface area contributed by atoms with Crippen LogP contribution in [-0.4, -0.2) is 47.0 Å². The van der Waals surface area contributed by atoms with Gasteiger partial charge in [0.1, 0.15) is 11.1 Å². The number of amides is 1. The average molecular weight is 494 g/mol. The van der Waals surface area contributed by atoms with E-state index >= 15 is 0 Å². The number of nitrogens with zero attached hydrogens (tertiary/aromatic N) is 2. The van der Waals surface area contributed by atoms with Gasteiger partial charge in [-0.05, 0) is 37.1 Å². The summed E-state index contributed by atoms with van der Waals surface area (Å²) in [6.45, 7) is 0.984. The smallest absolute Gasteiger partial charge is 0.339 e. The van der Waals surface area contributed by atoms with Gasteiger partial charge in [-0.1, -0.05) is 36.0 Å². The quantitative estimate of drug-likeness (QED) is 0.235. The van der Waals surface area contributed by atoms with E-state index in [1.54, 1.807) is 30.3 Å². The molecule has 1 aliphatic rings. The molecule has 35 heavy (non-hydrogen) atoms. The van der Waals surface area contributed by atoms with Crippen LogP contribution in [0.2, 0.25) is 0 Å². The molecule has 2 aromatic heterocycles. The summed E-state index contributed by atoms with van der Waals surface area (Å²) in [5.41, 5.74) is 1.54. The predicted molar refractivity (Wildman–Crippen MR) is 132 cm³/mol. The summed E-state index contributed by atoms with van der Waals surface area (Å²) in [7, 11) is 1.28. The molecule has 0 aliphatic carbocycles. The third-order valence-corrected chi connectivity index (χ3v) is 6.77. The molecule has 0 saturated carbocycles. The minimum atomic E-state index is -0.544. The number of anilines is 1. The first kappa shape index (κ1) is 23.1. The van der Waals surface area contributed by atoms with Crippen LogP contribution in [0.15, 0.2) is 62.9 Å². The highest BCUT2D eigenvalue weighted by atomic mass is 32.2. The molecule has 5 rings (SSSR count). The molecule has 1 saturated heterocycles. The van der Waals surface area contributed by atoms with E-state index < -0.39 is 5.97 Å². The number of esters is 1. The van der Waals surface area contributed by atoms with Crippen LogP contribution >= 0.6 is 11.8 Å². The van der Waals surface area contributed by atoms with Gasteiger partial charge in [0, 0.05) is 12.0 Å². The molecule has 1 atom stereocenters. The number of benzene rings is 2. The number of methoxy groups -OCH3 is 1. The molecule has 0 bridgehead atoms. The Morgan fingerprint density at radius 2 is 2.00 bits per heavy atom. The fraction of sp³-hybridized carbons (Fsp3) is 0.280. The first-order valence-electron chi connectivity index (χ1n) is 11.2. The second kappa shape index (κ2) is 9.93. The minimum Gasteiger partial charge on any atom is -0.465 e. The number of thioether (sulfide) groups is 1. The number of carbonyl (C=O) groups excluding carboxylic acids is 2. The van der Waals surface area contributed by atoms with Gasteiger partial charge in [0.05, 0.1) is 36.8 Å². The highest BCUT2D eigenvalue weighted by Gasteiger charge is 2.23. The van der Waals surface area contributed by atoms with Crippen LogP contribution in [0.5, 0.6) is 0 Å². The Bertz CT molecular complexity index is 1470. The van der Waals surface area contributed by atoms with Crippen LogP contribution in [0.1, 0.15) is 23.2 Å². The van der Waals surface area contributed by atoms with Crippen molar-refractivity contribution in [3.63, 3.8) is 0 Å². The molecule has 1 N–H and O–H groups in total. The molecule has 1 aliphatic heterocycles. The van der Waals surface area contributed by atoms with E-state index in [0.29, 0.717) is 35.1 Å². The van der Waals surface area contributed by atoms with Crippen molar-refractivity contribution >= 4 is 51.4 Å². The van der Waals surface area contributed by atoms with E-state index in [0.717, 1.165) is 30.0 Å². The molecule has 10 heteroatoms. The lowest BCUT2D eigenvalue weighted by molar-refractivity contribution is -0.113. The molecule has 0 radical (unpaired) electrons. The molecule has 9 nitrogen and oxygen atoms in total. The number of nitrogens with one attached hydrogen (secondary N) is 1. The van der Waals surface area contributed by atoms with Gasteiger partial charge in [0.15, 0.2) is 5.16 Å². The molecule has 1 fully saturated rings. The predicted octanol–water partition coefficient (Wildman–Crippen LogP) is 3.84. The molecule has 4 aromatic rings. The SMILES string of the molecule is COC(=O)c1ccccc1NC(=O)CSc1nc2c(oc3ccccc32)c(=O)n1C[C@@H]1CCCO1. The number of carbonyl (C=O) groups is 2. The zero-order valence-corrected chi connectivity index (χ0v) is 19.8. The maximum atomic E-state index is 13.4. The number of hydrogen-bond acceptors (Lipinski definition) is 8. The molecular formula is C25H23N3O6S. The van der Waals surface area contributed by atoms with Crippen molar-refractivity contribution in [3.8, 4) is 0 Å². The second-order valence-electron chi connectivity index (χ2n) is 8.10. The summed E-state index contributed by atoms with van der Waals surface area (Å²) in [5.74, 6) is -0.909. The maximum absolute atomic E-state index is 13.4. The molecule has 3 heterocycles. The fourth-order valence-electron chi connectivity index (χ4n) is 4.11. The van der Waals surface area contributed by atoms with Crippen LogP contribution in [-0.2, 0) is 20.8 Å². The molecule has 0 spiro atoms. The van der Waals surface area contributed by atoms with Crippen molar-refractivity contribution < 1.29 is 23.5 Å². The second-order valence-corrected chi connectivity index (χ2v) is 9.04. The van der Waals surface area contributed by atoms with E-state index in [2.05, 4.69) is 5.32 Å². The van der Waals surface area contributed by atoms with Gasteiger partial charge >= 0.3 is 5.97 Å². The van der Waals surface area contributed by atoms with E-state index in [1.165, 1.54) is 11.7 Å². The Morgan fingerprint density at radius 1 is 1.20 bits per heavy atom. The van der Waals surface area contributed by atoms with Crippen molar-refractivity contribution in [3.05, 3.63) is 64.4 Å². The van der Waals surface area contributed by atoms with Crippen LogP contribution in [0.3, 0.4) is 0 Å². The number of hydrogen-bond donors (Lipinski definition) is 1. The summed E-state index contributed by atoms with van der Waals surface area (Å²) in [5, 5.41) is 3.89.